The number of nitrogens with two attached hydrogens (primary N) is 1. The summed E-state index contributed by atoms with van der Waals surface area (Å²) in [6.07, 6.45) is 1.07. The first-order valence-corrected chi connectivity index (χ1v) is 10.8. The van der Waals surface area contributed by atoms with E-state index < -0.39 is 0 Å². The fourth-order valence-corrected chi connectivity index (χ4v) is 4.42. The van der Waals surface area contributed by atoms with Crippen molar-refractivity contribution < 1.29 is 4.42 Å². The summed E-state index contributed by atoms with van der Waals surface area (Å²) in [6, 6.07) is 10.7. The van der Waals surface area contributed by atoms with Crippen molar-refractivity contribution >= 4 is 22.5 Å². The Balaban J connectivity index is 2.07. The van der Waals surface area contributed by atoms with Crippen LogP contribution in [0.1, 0.15) is 44.2 Å². The van der Waals surface area contributed by atoms with Gasteiger partial charge in [-0.1, -0.05) is 32.9 Å². The molecule has 0 unspecified atom stereocenters. The summed E-state index contributed by atoms with van der Waals surface area (Å²) in [5.41, 5.74) is 12.4. The summed E-state index contributed by atoms with van der Waals surface area (Å²) in [4.78, 5) is 9.46. The number of rotatable bonds is 3. The molecular weight excluding hydrogens is 386 g/mol. The number of nitriles is 1. The number of benzene rings is 2. The third-order valence-corrected chi connectivity index (χ3v) is 6.20. The second-order valence-corrected chi connectivity index (χ2v) is 9.76. The Labute approximate surface area is 184 Å². The van der Waals surface area contributed by atoms with E-state index in [1.807, 2.05) is 25.1 Å². The van der Waals surface area contributed by atoms with Gasteiger partial charge < -0.3 is 20.0 Å². The zero-order valence-corrected chi connectivity index (χ0v) is 19.3. The number of anilines is 2. The Morgan fingerprint density at radius 3 is 2.61 bits per heavy atom. The van der Waals surface area contributed by atoms with E-state index in [1.165, 1.54) is 0 Å². The van der Waals surface area contributed by atoms with Crippen molar-refractivity contribution in [3.05, 3.63) is 41.3 Å². The smallest absolute Gasteiger partial charge is 0.201 e. The monoisotopic (exact) mass is 417 g/mol. The summed E-state index contributed by atoms with van der Waals surface area (Å²) in [7, 11) is 4.25. The molecule has 1 saturated heterocycles. The highest BCUT2D eigenvalue weighted by Gasteiger charge is 2.33. The lowest BCUT2D eigenvalue weighted by Crippen LogP contribution is -2.31. The standard InChI is InChI=1S/C25H31N5O/c1-15-19(13-26)21-23(31-24(28-21)25(2,3)4)22(30-11-10-18(14-30)29(5)6)20(15)16-8-7-9-17(27)12-16/h7-9,12,18H,10-11,14,27H2,1-6H3/t18-/m0/s1. The van der Waals surface area contributed by atoms with Crippen molar-refractivity contribution in [2.45, 2.75) is 45.6 Å². The third kappa shape index (κ3) is 3.64. The molecule has 1 fully saturated rings. The van der Waals surface area contributed by atoms with E-state index >= 15 is 0 Å². The summed E-state index contributed by atoms with van der Waals surface area (Å²) < 4.78 is 6.41. The lowest BCUT2D eigenvalue weighted by Gasteiger charge is -2.26. The highest BCUT2D eigenvalue weighted by molar-refractivity contribution is 6.02. The van der Waals surface area contributed by atoms with Crippen molar-refractivity contribution in [2.75, 3.05) is 37.8 Å². The fraction of sp³-hybridized carbons (Fsp3) is 0.440. The Kier molecular flexibility index (Phi) is 5.18. The Morgan fingerprint density at radius 2 is 2.03 bits per heavy atom. The van der Waals surface area contributed by atoms with Crippen LogP contribution in [0, 0.1) is 18.3 Å². The van der Waals surface area contributed by atoms with Crippen molar-refractivity contribution in [2.24, 2.45) is 0 Å². The zero-order valence-electron chi connectivity index (χ0n) is 19.3. The van der Waals surface area contributed by atoms with Crippen LogP contribution in [0.5, 0.6) is 0 Å². The molecule has 1 aliphatic heterocycles. The van der Waals surface area contributed by atoms with Crippen LogP contribution in [0.2, 0.25) is 0 Å². The van der Waals surface area contributed by atoms with Crippen LogP contribution < -0.4 is 10.6 Å². The van der Waals surface area contributed by atoms with E-state index in [2.05, 4.69) is 56.8 Å². The van der Waals surface area contributed by atoms with Crippen molar-refractivity contribution in [3.63, 3.8) is 0 Å². The molecule has 0 amide bonds. The first-order valence-electron chi connectivity index (χ1n) is 10.8. The molecule has 2 aromatic carbocycles. The van der Waals surface area contributed by atoms with Gasteiger partial charge in [0.15, 0.2) is 5.58 Å². The third-order valence-electron chi connectivity index (χ3n) is 6.20. The maximum atomic E-state index is 10.0. The molecule has 2 N–H and O–H groups in total. The molecule has 0 spiro atoms. The molecule has 6 heteroatoms. The van der Waals surface area contributed by atoms with Gasteiger partial charge in [0.2, 0.25) is 5.89 Å². The molecule has 0 aliphatic carbocycles. The van der Waals surface area contributed by atoms with Crippen LogP contribution in [-0.2, 0) is 5.41 Å². The molecule has 1 aliphatic rings. The Hall–Kier alpha value is -3.04. The highest BCUT2D eigenvalue weighted by atomic mass is 16.4. The second-order valence-electron chi connectivity index (χ2n) is 9.76. The summed E-state index contributed by atoms with van der Waals surface area (Å²) in [6.45, 7) is 10.1. The first kappa shape index (κ1) is 21.2. The normalized spacial score (nSPS) is 17.0. The molecule has 31 heavy (non-hydrogen) atoms. The number of hydrogen-bond donors (Lipinski definition) is 1. The van der Waals surface area contributed by atoms with Crippen molar-refractivity contribution in [1.29, 1.82) is 5.26 Å². The van der Waals surface area contributed by atoms with E-state index in [4.69, 9.17) is 15.1 Å². The highest BCUT2D eigenvalue weighted by Crippen LogP contribution is 2.45. The summed E-state index contributed by atoms with van der Waals surface area (Å²) in [5, 5.41) is 10.0. The Bertz CT molecular complexity index is 1180. The van der Waals surface area contributed by atoms with Crippen LogP contribution in [-0.4, -0.2) is 43.1 Å². The molecule has 162 valence electrons. The van der Waals surface area contributed by atoms with Gasteiger partial charge in [0.1, 0.15) is 11.6 Å². The number of oxazole rings is 1. The lowest BCUT2D eigenvalue weighted by molar-refractivity contribution is 0.315. The molecule has 4 rings (SSSR count). The van der Waals surface area contributed by atoms with E-state index in [1.54, 1.807) is 0 Å². The maximum absolute atomic E-state index is 10.0. The Morgan fingerprint density at radius 1 is 1.29 bits per heavy atom. The van der Waals surface area contributed by atoms with Crippen LogP contribution in [0.25, 0.3) is 22.2 Å². The molecular formula is C25H31N5O. The van der Waals surface area contributed by atoms with E-state index in [0.717, 1.165) is 41.9 Å². The summed E-state index contributed by atoms with van der Waals surface area (Å²) in [5.74, 6) is 0.646. The average Bonchev–Trinajstić information content (AvgIpc) is 3.34. The van der Waals surface area contributed by atoms with Gasteiger partial charge in [0.05, 0.1) is 11.3 Å². The topological polar surface area (TPSA) is 82.3 Å². The number of likely N-dealkylation sites (N-methyl/N-ethyl adjacent to an activating group) is 1. The number of hydrogen-bond acceptors (Lipinski definition) is 6. The molecule has 1 atom stereocenters. The molecule has 6 nitrogen and oxygen atoms in total. The zero-order chi connectivity index (χ0) is 22.5. The molecule has 0 radical (unpaired) electrons. The SMILES string of the molecule is Cc1c(-c2cccc(N)c2)c(N2CC[C@H](N(C)C)C2)c2oc(C(C)(C)C)nc2c1C#N. The number of aromatic nitrogens is 1. The largest absolute Gasteiger partial charge is 0.438 e. The van der Waals surface area contributed by atoms with Gasteiger partial charge in [0.25, 0.3) is 0 Å². The van der Waals surface area contributed by atoms with Gasteiger partial charge in [-0.15, -0.1) is 0 Å². The molecule has 3 aromatic rings. The van der Waals surface area contributed by atoms with E-state index in [0.29, 0.717) is 34.3 Å². The van der Waals surface area contributed by atoms with E-state index in [-0.39, 0.29) is 5.41 Å². The fourth-order valence-electron chi connectivity index (χ4n) is 4.42. The molecule has 2 heterocycles. The first-order chi connectivity index (χ1) is 14.6. The molecule has 0 saturated carbocycles. The minimum absolute atomic E-state index is 0.258. The predicted octanol–water partition coefficient (Wildman–Crippen LogP) is 4.69. The van der Waals surface area contributed by atoms with Gasteiger partial charge in [-0.05, 0) is 50.7 Å². The van der Waals surface area contributed by atoms with Crippen LogP contribution in [0.3, 0.4) is 0 Å². The minimum Gasteiger partial charge on any atom is -0.438 e. The number of nitrogens with zero attached hydrogens (tertiary/aromatic N) is 4. The minimum atomic E-state index is -0.258. The van der Waals surface area contributed by atoms with Gasteiger partial charge in [-0.3, -0.25) is 0 Å². The van der Waals surface area contributed by atoms with Crippen molar-refractivity contribution in [1.82, 2.24) is 9.88 Å². The summed E-state index contributed by atoms with van der Waals surface area (Å²) >= 11 is 0. The average molecular weight is 418 g/mol. The molecule has 0 bridgehead atoms. The van der Waals surface area contributed by atoms with Crippen LogP contribution >= 0.6 is 0 Å². The van der Waals surface area contributed by atoms with Gasteiger partial charge >= 0.3 is 0 Å². The maximum Gasteiger partial charge on any atom is 0.201 e. The molecule has 1 aromatic heterocycles. The van der Waals surface area contributed by atoms with Gasteiger partial charge in [-0.2, -0.15) is 5.26 Å². The number of fused-ring (bicyclic) bond motifs is 1. The van der Waals surface area contributed by atoms with Crippen molar-refractivity contribution in [3.8, 4) is 17.2 Å². The number of nitrogen functional groups attached to an aromatic ring is 1. The van der Waals surface area contributed by atoms with E-state index in [9.17, 15) is 5.26 Å². The van der Waals surface area contributed by atoms with Crippen LogP contribution in [0.4, 0.5) is 11.4 Å². The predicted molar refractivity (Wildman–Crippen MR) is 126 cm³/mol. The second kappa shape index (κ2) is 7.58. The van der Waals surface area contributed by atoms with Gasteiger partial charge in [-0.25, -0.2) is 4.98 Å². The van der Waals surface area contributed by atoms with Gasteiger partial charge in [0, 0.05) is 35.8 Å². The van der Waals surface area contributed by atoms with Crippen LogP contribution in [0.15, 0.2) is 28.7 Å². The lowest BCUT2D eigenvalue weighted by atomic mass is 9.92. The quantitative estimate of drug-likeness (QED) is 0.622.